The Morgan fingerprint density at radius 1 is 1.50 bits per heavy atom. The number of nitro groups is 1. The highest BCUT2D eigenvalue weighted by Gasteiger charge is 2.12. The Kier molecular flexibility index (Phi) is 3.88. The second-order valence-electron chi connectivity index (χ2n) is 3.86. The van der Waals surface area contributed by atoms with Crippen LogP contribution in [0.4, 0.5) is 11.4 Å². The molecule has 0 atom stereocenters. The van der Waals surface area contributed by atoms with Crippen molar-refractivity contribution >= 4 is 22.7 Å². The van der Waals surface area contributed by atoms with Gasteiger partial charge in [0, 0.05) is 35.7 Å². The predicted molar refractivity (Wildman–Crippen MR) is 72.1 cm³/mol. The highest BCUT2D eigenvalue weighted by Crippen LogP contribution is 2.24. The van der Waals surface area contributed by atoms with Crippen LogP contribution in [0.1, 0.15) is 11.3 Å². The number of thiazole rings is 1. The van der Waals surface area contributed by atoms with Crippen LogP contribution >= 0.6 is 11.3 Å². The minimum atomic E-state index is -0.360. The fourth-order valence-corrected chi connectivity index (χ4v) is 2.29. The van der Waals surface area contributed by atoms with E-state index in [2.05, 4.69) is 10.3 Å². The number of nitro benzene ring substituents is 1. The zero-order chi connectivity index (χ0) is 13.0. The van der Waals surface area contributed by atoms with Crippen LogP contribution in [-0.2, 0) is 6.42 Å². The first kappa shape index (κ1) is 12.5. The molecule has 1 aromatic heterocycles. The first-order chi connectivity index (χ1) is 8.68. The van der Waals surface area contributed by atoms with Crippen molar-refractivity contribution in [2.45, 2.75) is 13.3 Å². The normalized spacial score (nSPS) is 10.3. The fourth-order valence-electron chi connectivity index (χ4n) is 1.70. The Hall–Kier alpha value is -1.95. The lowest BCUT2D eigenvalue weighted by molar-refractivity contribution is -0.385. The molecule has 0 unspecified atom stereocenters. The van der Waals surface area contributed by atoms with E-state index < -0.39 is 0 Å². The van der Waals surface area contributed by atoms with Gasteiger partial charge in [0.2, 0.25) is 0 Å². The van der Waals surface area contributed by atoms with Gasteiger partial charge in [-0.15, -0.1) is 11.3 Å². The summed E-state index contributed by atoms with van der Waals surface area (Å²) in [4.78, 5) is 14.6. The molecule has 1 heterocycles. The van der Waals surface area contributed by atoms with E-state index in [1.165, 1.54) is 6.07 Å². The Labute approximate surface area is 109 Å². The molecule has 0 spiro atoms. The monoisotopic (exact) mass is 263 g/mol. The molecule has 0 aliphatic heterocycles. The molecule has 0 amide bonds. The van der Waals surface area contributed by atoms with Gasteiger partial charge in [-0.3, -0.25) is 10.1 Å². The topological polar surface area (TPSA) is 68.1 Å². The molecule has 1 N–H and O–H groups in total. The maximum atomic E-state index is 10.8. The first-order valence-electron chi connectivity index (χ1n) is 5.53. The number of hydrogen-bond donors (Lipinski definition) is 1. The number of aromatic nitrogens is 1. The summed E-state index contributed by atoms with van der Waals surface area (Å²) in [7, 11) is 0. The Bertz CT molecular complexity index is 540. The molecule has 1 aromatic carbocycles. The molecular formula is C12H13N3O2S. The minimum Gasteiger partial charge on any atom is -0.384 e. The maximum absolute atomic E-state index is 10.8. The standard InChI is InChI=1S/C12H13N3O2S/c1-9-11(3-2-4-12(9)15(16)17)13-6-5-10-7-18-8-14-10/h2-4,7-8,13H,5-6H2,1H3. The van der Waals surface area contributed by atoms with Crippen molar-refractivity contribution in [2.75, 3.05) is 11.9 Å². The third kappa shape index (κ3) is 2.84. The molecule has 0 fully saturated rings. The van der Waals surface area contributed by atoms with Gasteiger partial charge in [0.15, 0.2) is 0 Å². The summed E-state index contributed by atoms with van der Waals surface area (Å²) in [6, 6.07) is 5.06. The van der Waals surface area contributed by atoms with Crippen LogP contribution in [0.2, 0.25) is 0 Å². The molecule has 18 heavy (non-hydrogen) atoms. The first-order valence-corrected chi connectivity index (χ1v) is 6.47. The molecule has 0 aliphatic rings. The molecule has 0 bridgehead atoms. The summed E-state index contributed by atoms with van der Waals surface area (Å²) in [5.41, 5.74) is 4.46. The summed E-state index contributed by atoms with van der Waals surface area (Å²) in [6.45, 7) is 2.47. The van der Waals surface area contributed by atoms with E-state index in [0.29, 0.717) is 12.1 Å². The third-order valence-electron chi connectivity index (χ3n) is 2.68. The molecular weight excluding hydrogens is 250 g/mol. The van der Waals surface area contributed by atoms with Crippen molar-refractivity contribution in [2.24, 2.45) is 0 Å². The molecule has 2 aromatic rings. The van der Waals surface area contributed by atoms with Gasteiger partial charge in [0.25, 0.3) is 5.69 Å². The zero-order valence-corrected chi connectivity index (χ0v) is 10.7. The van der Waals surface area contributed by atoms with E-state index in [-0.39, 0.29) is 10.6 Å². The average Bonchev–Trinajstić information content (AvgIpc) is 2.84. The van der Waals surface area contributed by atoms with Gasteiger partial charge in [0.05, 0.1) is 16.1 Å². The van der Waals surface area contributed by atoms with Crippen LogP contribution in [0.25, 0.3) is 0 Å². The molecule has 5 nitrogen and oxygen atoms in total. The quantitative estimate of drug-likeness (QED) is 0.665. The Morgan fingerprint density at radius 2 is 2.33 bits per heavy atom. The van der Waals surface area contributed by atoms with Crippen LogP contribution < -0.4 is 5.32 Å². The van der Waals surface area contributed by atoms with Gasteiger partial charge in [-0.05, 0) is 13.0 Å². The lowest BCUT2D eigenvalue weighted by atomic mass is 10.1. The van der Waals surface area contributed by atoms with E-state index in [1.807, 2.05) is 11.4 Å². The molecule has 0 radical (unpaired) electrons. The van der Waals surface area contributed by atoms with Crippen LogP contribution in [0.5, 0.6) is 0 Å². The smallest absolute Gasteiger partial charge is 0.274 e. The average molecular weight is 263 g/mol. The molecule has 94 valence electrons. The molecule has 2 rings (SSSR count). The largest absolute Gasteiger partial charge is 0.384 e. The fraction of sp³-hybridized carbons (Fsp3) is 0.250. The van der Waals surface area contributed by atoms with E-state index in [0.717, 1.165) is 17.8 Å². The Balaban J connectivity index is 2.01. The van der Waals surface area contributed by atoms with Crippen molar-refractivity contribution in [1.29, 1.82) is 0 Å². The lowest BCUT2D eigenvalue weighted by Gasteiger charge is -2.08. The van der Waals surface area contributed by atoms with E-state index in [1.54, 1.807) is 29.8 Å². The highest BCUT2D eigenvalue weighted by molar-refractivity contribution is 7.07. The minimum absolute atomic E-state index is 0.147. The van der Waals surface area contributed by atoms with Gasteiger partial charge in [-0.25, -0.2) is 4.98 Å². The van der Waals surface area contributed by atoms with E-state index >= 15 is 0 Å². The van der Waals surface area contributed by atoms with Crippen LogP contribution in [0, 0.1) is 17.0 Å². The van der Waals surface area contributed by atoms with Crippen LogP contribution in [0.15, 0.2) is 29.1 Å². The van der Waals surface area contributed by atoms with E-state index in [9.17, 15) is 10.1 Å². The van der Waals surface area contributed by atoms with Gasteiger partial charge >= 0.3 is 0 Å². The van der Waals surface area contributed by atoms with Crippen LogP contribution in [-0.4, -0.2) is 16.5 Å². The van der Waals surface area contributed by atoms with Crippen LogP contribution in [0.3, 0.4) is 0 Å². The number of hydrogen-bond acceptors (Lipinski definition) is 5. The molecule has 0 aliphatic carbocycles. The second-order valence-corrected chi connectivity index (χ2v) is 4.58. The molecule has 0 saturated heterocycles. The zero-order valence-electron chi connectivity index (χ0n) is 9.92. The number of benzene rings is 1. The van der Waals surface area contributed by atoms with Gasteiger partial charge in [-0.1, -0.05) is 6.07 Å². The third-order valence-corrected chi connectivity index (χ3v) is 3.32. The van der Waals surface area contributed by atoms with Crippen molar-refractivity contribution in [1.82, 2.24) is 4.98 Å². The number of nitrogens with zero attached hydrogens (tertiary/aromatic N) is 2. The highest BCUT2D eigenvalue weighted by atomic mass is 32.1. The van der Waals surface area contributed by atoms with Crippen molar-refractivity contribution in [3.05, 3.63) is 50.5 Å². The van der Waals surface area contributed by atoms with Crippen molar-refractivity contribution in [3.63, 3.8) is 0 Å². The van der Waals surface area contributed by atoms with Crippen molar-refractivity contribution < 1.29 is 4.92 Å². The van der Waals surface area contributed by atoms with E-state index in [4.69, 9.17) is 0 Å². The van der Waals surface area contributed by atoms with Crippen molar-refractivity contribution in [3.8, 4) is 0 Å². The lowest BCUT2D eigenvalue weighted by Crippen LogP contribution is -2.07. The van der Waals surface area contributed by atoms with Gasteiger partial charge in [0.1, 0.15) is 0 Å². The Morgan fingerprint density at radius 3 is 3.00 bits per heavy atom. The summed E-state index contributed by atoms with van der Waals surface area (Å²) >= 11 is 1.57. The van der Waals surface area contributed by atoms with Gasteiger partial charge < -0.3 is 5.32 Å². The summed E-state index contributed by atoms with van der Waals surface area (Å²) in [5.74, 6) is 0. The predicted octanol–water partition coefficient (Wildman–Crippen LogP) is 3.01. The number of rotatable bonds is 5. The summed E-state index contributed by atoms with van der Waals surface area (Å²) in [6.07, 6.45) is 0.811. The molecule has 0 saturated carbocycles. The number of nitrogens with one attached hydrogen (secondary N) is 1. The number of anilines is 1. The summed E-state index contributed by atoms with van der Waals surface area (Å²) in [5, 5.41) is 16.0. The molecule has 6 heteroatoms. The second kappa shape index (κ2) is 5.59. The SMILES string of the molecule is Cc1c(NCCc2cscn2)cccc1[N+](=O)[O-]. The van der Waals surface area contributed by atoms with Gasteiger partial charge in [-0.2, -0.15) is 0 Å². The summed E-state index contributed by atoms with van der Waals surface area (Å²) < 4.78 is 0. The maximum Gasteiger partial charge on any atom is 0.274 e.